The maximum atomic E-state index is 3.67. The Morgan fingerprint density at radius 2 is 1.81 bits per heavy atom. The molecule has 0 aromatic heterocycles. The summed E-state index contributed by atoms with van der Waals surface area (Å²) < 4.78 is 0. The second-order valence-corrected chi connectivity index (χ2v) is 6.37. The average molecular weight is 222 g/mol. The van der Waals surface area contributed by atoms with Crippen molar-refractivity contribution in [3.63, 3.8) is 0 Å². The summed E-state index contributed by atoms with van der Waals surface area (Å²) in [5, 5.41) is 3.67. The fourth-order valence-electron chi connectivity index (χ4n) is 4.46. The lowest BCUT2D eigenvalue weighted by Crippen LogP contribution is -2.61. The van der Waals surface area contributed by atoms with Crippen molar-refractivity contribution in [3.8, 4) is 0 Å². The first-order chi connectivity index (χ1) is 7.73. The van der Waals surface area contributed by atoms with Gasteiger partial charge in [0, 0.05) is 23.7 Å². The van der Waals surface area contributed by atoms with Gasteiger partial charge in [-0.05, 0) is 58.4 Å². The summed E-state index contributed by atoms with van der Waals surface area (Å²) in [7, 11) is 0. The number of fused-ring (bicyclic) bond motifs is 2. The molecule has 0 aromatic rings. The maximum absolute atomic E-state index is 3.67. The van der Waals surface area contributed by atoms with Crippen molar-refractivity contribution < 1.29 is 0 Å². The average Bonchev–Trinajstić information content (AvgIpc) is 2.48. The largest absolute Gasteiger partial charge is 0.314 e. The molecular formula is C14H26N2. The molecule has 2 atom stereocenters. The zero-order valence-electron chi connectivity index (χ0n) is 10.8. The van der Waals surface area contributed by atoms with Crippen LogP contribution < -0.4 is 5.32 Å². The molecule has 1 saturated carbocycles. The van der Waals surface area contributed by atoms with Gasteiger partial charge in [-0.15, -0.1) is 0 Å². The van der Waals surface area contributed by atoms with Gasteiger partial charge in [0.1, 0.15) is 0 Å². The van der Waals surface area contributed by atoms with Gasteiger partial charge in [-0.1, -0.05) is 6.92 Å². The second kappa shape index (κ2) is 3.99. The third kappa shape index (κ3) is 1.62. The smallest absolute Gasteiger partial charge is 0.0187 e. The zero-order valence-corrected chi connectivity index (χ0v) is 10.8. The molecule has 16 heavy (non-hydrogen) atoms. The topological polar surface area (TPSA) is 15.3 Å². The monoisotopic (exact) mass is 222 g/mol. The van der Waals surface area contributed by atoms with E-state index in [4.69, 9.17) is 0 Å². The molecule has 2 heterocycles. The minimum Gasteiger partial charge on any atom is -0.314 e. The normalized spacial score (nSPS) is 42.0. The quantitative estimate of drug-likeness (QED) is 0.789. The van der Waals surface area contributed by atoms with E-state index < -0.39 is 0 Å². The lowest BCUT2D eigenvalue weighted by molar-refractivity contribution is -0.0361. The standard InChI is InChI=1S/C14H26N2/c1-3-15-11-9-12-5-6-13(10-11)16(12)14(2)7-4-8-14/h11-13,15H,3-10H2,1-2H3. The van der Waals surface area contributed by atoms with Crippen molar-refractivity contribution in [1.82, 2.24) is 10.2 Å². The van der Waals surface area contributed by atoms with Gasteiger partial charge in [0.15, 0.2) is 0 Å². The number of nitrogens with one attached hydrogen (secondary N) is 1. The van der Waals surface area contributed by atoms with Crippen LogP contribution in [0.5, 0.6) is 0 Å². The van der Waals surface area contributed by atoms with Crippen LogP contribution in [-0.2, 0) is 0 Å². The van der Waals surface area contributed by atoms with Gasteiger partial charge in [-0.3, -0.25) is 4.90 Å². The summed E-state index contributed by atoms with van der Waals surface area (Å²) in [6, 6.07) is 2.60. The molecule has 3 rings (SSSR count). The van der Waals surface area contributed by atoms with Crippen LogP contribution in [-0.4, -0.2) is 35.1 Å². The minimum absolute atomic E-state index is 0.586. The highest BCUT2D eigenvalue weighted by atomic mass is 15.3. The summed E-state index contributed by atoms with van der Waals surface area (Å²) in [6.07, 6.45) is 10.1. The predicted octanol–water partition coefficient (Wildman–Crippen LogP) is 2.53. The number of rotatable bonds is 3. The Bertz CT molecular complexity index is 245. The summed E-state index contributed by atoms with van der Waals surface area (Å²) in [5.41, 5.74) is 0.586. The van der Waals surface area contributed by atoms with Gasteiger partial charge >= 0.3 is 0 Å². The van der Waals surface area contributed by atoms with Crippen molar-refractivity contribution in [2.45, 2.75) is 82.5 Å². The Balaban J connectivity index is 1.70. The zero-order chi connectivity index (χ0) is 11.2. The molecule has 92 valence electrons. The molecule has 2 aliphatic heterocycles. The third-order valence-electron chi connectivity index (χ3n) is 5.28. The van der Waals surface area contributed by atoms with Gasteiger partial charge in [0.25, 0.3) is 0 Å². The highest BCUT2D eigenvalue weighted by molar-refractivity contribution is 5.07. The number of piperidine rings is 1. The van der Waals surface area contributed by atoms with Crippen molar-refractivity contribution in [2.24, 2.45) is 0 Å². The molecule has 0 radical (unpaired) electrons. The summed E-state index contributed by atoms with van der Waals surface area (Å²) in [4.78, 5) is 2.92. The highest BCUT2D eigenvalue weighted by Crippen LogP contribution is 2.47. The molecule has 3 fully saturated rings. The Kier molecular flexibility index (Phi) is 2.75. The van der Waals surface area contributed by atoms with Crippen LogP contribution >= 0.6 is 0 Å². The molecule has 0 aromatic carbocycles. The number of hydrogen-bond donors (Lipinski definition) is 1. The number of nitrogens with zero attached hydrogens (tertiary/aromatic N) is 1. The molecule has 2 saturated heterocycles. The summed E-state index contributed by atoms with van der Waals surface area (Å²) in [5.74, 6) is 0. The predicted molar refractivity (Wildman–Crippen MR) is 67.6 cm³/mol. The molecular weight excluding hydrogens is 196 g/mol. The number of hydrogen-bond acceptors (Lipinski definition) is 2. The van der Waals surface area contributed by atoms with E-state index in [1.807, 2.05) is 0 Å². The van der Waals surface area contributed by atoms with Gasteiger partial charge in [0.05, 0.1) is 0 Å². The first-order valence-corrected chi connectivity index (χ1v) is 7.25. The molecule has 0 amide bonds. The fraction of sp³-hybridized carbons (Fsp3) is 1.00. The third-order valence-corrected chi connectivity index (χ3v) is 5.28. The lowest BCUT2D eigenvalue weighted by Gasteiger charge is -2.54. The van der Waals surface area contributed by atoms with Gasteiger partial charge in [-0.25, -0.2) is 0 Å². The van der Waals surface area contributed by atoms with Gasteiger partial charge in [0.2, 0.25) is 0 Å². The highest BCUT2D eigenvalue weighted by Gasteiger charge is 2.50. The molecule has 0 spiro atoms. The first-order valence-electron chi connectivity index (χ1n) is 7.25. The maximum Gasteiger partial charge on any atom is 0.0187 e. The molecule has 2 nitrogen and oxygen atoms in total. The Labute approximate surface area is 99.8 Å². The van der Waals surface area contributed by atoms with E-state index in [9.17, 15) is 0 Å². The second-order valence-electron chi connectivity index (χ2n) is 6.37. The Morgan fingerprint density at radius 1 is 1.19 bits per heavy atom. The van der Waals surface area contributed by atoms with E-state index in [1.54, 1.807) is 0 Å². The summed E-state index contributed by atoms with van der Waals surface area (Å²) in [6.45, 7) is 5.89. The van der Waals surface area contributed by atoms with Gasteiger partial charge < -0.3 is 5.32 Å². The van der Waals surface area contributed by atoms with Gasteiger partial charge in [-0.2, -0.15) is 0 Å². The molecule has 2 bridgehead atoms. The van der Waals surface area contributed by atoms with Crippen LogP contribution in [0.25, 0.3) is 0 Å². The Morgan fingerprint density at radius 3 is 2.25 bits per heavy atom. The van der Waals surface area contributed by atoms with Crippen LogP contribution in [0.2, 0.25) is 0 Å². The van der Waals surface area contributed by atoms with Crippen LogP contribution in [0.4, 0.5) is 0 Å². The lowest BCUT2D eigenvalue weighted by atomic mass is 9.74. The fourth-order valence-corrected chi connectivity index (χ4v) is 4.46. The van der Waals surface area contributed by atoms with Crippen molar-refractivity contribution in [3.05, 3.63) is 0 Å². The van der Waals surface area contributed by atoms with Crippen LogP contribution in [0, 0.1) is 0 Å². The van der Waals surface area contributed by atoms with Crippen LogP contribution in [0.3, 0.4) is 0 Å². The van der Waals surface area contributed by atoms with E-state index >= 15 is 0 Å². The van der Waals surface area contributed by atoms with Crippen LogP contribution in [0.15, 0.2) is 0 Å². The first kappa shape index (κ1) is 11.0. The Hall–Kier alpha value is -0.0800. The van der Waals surface area contributed by atoms with Crippen molar-refractivity contribution in [1.29, 1.82) is 0 Å². The minimum atomic E-state index is 0.586. The van der Waals surface area contributed by atoms with Crippen molar-refractivity contribution in [2.75, 3.05) is 6.54 Å². The van der Waals surface area contributed by atoms with Crippen LogP contribution in [0.1, 0.15) is 58.8 Å². The van der Waals surface area contributed by atoms with Crippen molar-refractivity contribution >= 4 is 0 Å². The SMILES string of the molecule is CCNC1CC2CCC(C1)N2C1(C)CCC1. The van der Waals surface area contributed by atoms with E-state index in [-0.39, 0.29) is 0 Å². The molecule has 2 unspecified atom stereocenters. The van der Waals surface area contributed by atoms with E-state index in [2.05, 4.69) is 24.1 Å². The molecule has 1 N–H and O–H groups in total. The molecule has 1 aliphatic carbocycles. The molecule has 2 heteroatoms. The summed E-state index contributed by atoms with van der Waals surface area (Å²) >= 11 is 0. The van der Waals surface area contributed by atoms with E-state index in [1.165, 1.54) is 44.9 Å². The molecule has 3 aliphatic rings. The van der Waals surface area contributed by atoms with E-state index in [0.29, 0.717) is 5.54 Å². The van der Waals surface area contributed by atoms with E-state index in [0.717, 1.165) is 24.7 Å².